The number of nitrogens with one attached hydrogen (secondary N) is 1. The highest BCUT2D eigenvalue weighted by molar-refractivity contribution is 5.94. The lowest BCUT2D eigenvalue weighted by Crippen LogP contribution is -2.44. The Labute approximate surface area is 291 Å². The van der Waals surface area contributed by atoms with Crippen LogP contribution < -0.4 is 5.32 Å². The molecule has 3 fully saturated rings. The SMILES string of the molecule is CN(CCN1CCC(OC(=O)Nc2ccccc2-c2ccccc2)CC1)C(=O)c1ccc(CN2CCC(C(=O)N3CCCCC3)CC2)cc1. The molecule has 1 N–H and O–H groups in total. The highest BCUT2D eigenvalue weighted by Gasteiger charge is 2.29. The molecule has 0 radical (unpaired) electrons. The molecule has 0 spiro atoms. The summed E-state index contributed by atoms with van der Waals surface area (Å²) in [6, 6.07) is 25.7. The van der Waals surface area contributed by atoms with Crippen LogP contribution in [0.1, 0.15) is 60.9 Å². The number of carbonyl (C=O) groups is 3. The van der Waals surface area contributed by atoms with Crippen molar-refractivity contribution in [1.29, 1.82) is 0 Å². The number of likely N-dealkylation sites (N-methyl/N-ethyl adjacent to an activating group) is 1. The van der Waals surface area contributed by atoms with Crippen LogP contribution in [0, 0.1) is 5.92 Å². The van der Waals surface area contributed by atoms with Crippen molar-refractivity contribution in [2.24, 2.45) is 5.92 Å². The van der Waals surface area contributed by atoms with Crippen molar-refractivity contribution in [1.82, 2.24) is 19.6 Å². The molecule has 260 valence electrons. The van der Waals surface area contributed by atoms with Crippen molar-refractivity contribution in [2.45, 2.75) is 57.6 Å². The first-order valence-corrected chi connectivity index (χ1v) is 18.1. The second kappa shape index (κ2) is 16.9. The van der Waals surface area contributed by atoms with E-state index in [0.717, 1.165) is 108 Å². The van der Waals surface area contributed by atoms with Gasteiger partial charge in [-0.1, -0.05) is 60.7 Å². The number of benzene rings is 3. The Morgan fingerprint density at radius 1 is 0.755 bits per heavy atom. The molecule has 6 rings (SSSR count). The Kier molecular flexibility index (Phi) is 12.0. The van der Waals surface area contributed by atoms with Gasteiger partial charge in [-0.2, -0.15) is 0 Å². The monoisotopic (exact) mass is 665 g/mol. The largest absolute Gasteiger partial charge is 0.446 e. The highest BCUT2D eigenvalue weighted by atomic mass is 16.6. The lowest BCUT2D eigenvalue weighted by molar-refractivity contribution is -0.138. The molecule has 0 atom stereocenters. The minimum Gasteiger partial charge on any atom is -0.446 e. The van der Waals surface area contributed by atoms with Gasteiger partial charge in [0, 0.05) is 69.9 Å². The van der Waals surface area contributed by atoms with Gasteiger partial charge in [-0.25, -0.2) is 4.79 Å². The number of anilines is 1. The van der Waals surface area contributed by atoms with Crippen molar-refractivity contribution >= 4 is 23.6 Å². The first kappa shape index (κ1) is 34.6. The molecule has 3 saturated heterocycles. The van der Waals surface area contributed by atoms with Crippen LogP contribution in [0.15, 0.2) is 78.9 Å². The molecule has 3 aliphatic heterocycles. The van der Waals surface area contributed by atoms with E-state index >= 15 is 0 Å². The predicted octanol–water partition coefficient (Wildman–Crippen LogP) is 6.36. The van der Waals surface area contributed by atoms with E-state index in [1.165, 1.54) is 12.0 Å². The fourth-order valence-corrected chi connectivity index (χ4v) is 7.34. The molecular weight excluding hydrogens is 614 g/mol. The zero-order valence-electron chi connectivity index (χ0n) is 28.9. The molecule has 49 heavy (non-hydrogen) atoms. The van der Waals surface area contributed by atoms with Gasteiger partial charge in [0.15, 0.2) is 0 Å². The Bertz CT molecular complexity index is 1530. The zero-order chi connectivity index (χ0) is 34.0. The summed E-state index contributed by atoms with van der Waals surface area (Å²) in [4.78, 5) is 47.5. The Balaban J connectivity index is 0.882. The lowest BCUT2D eigenvalue weighted by Gasteiger charge is -2.35. The maximum Gasteiger partial charge on any atom is 0.411 e. The van der Waals surface area contributed by atoms with E-state index in [-0.39, 0.29) is 17.9 Å². The van der Waals surface area contributed by atoms with E-state index in [1.54, 1.807) is 4.90 Å². The van der Waals surface area contributed by atoms with Gasteiger partial charge in [-0.3, -0.25) is 19.8 Å². The first-order chi connectivity index (χ1) is 23.9. The average Bonchev–Trinajstić information content (AvgIpc) is 3.15. The average molecular weight is 666 g/mol. The van der Waals surface area contributed by atoms with E-state index < -0.39 is 6.09 Å². The van der Waals surface area contributed by atoms with Gasteiger partial charge in [-0.05, 0) is 87.4 Å². The molecule has 9 heteroatoms. The van der Waals surface area contributed by atoms with Crippen LogP contribution >= 0.6 is 0 Å². The molecular formula is C40H51N5O4. The third kappa shape index (κ3) is 9.49. The molecule has 0 unspecified atom stereocenters. The van der Waals surface area contributed by atoms with Crippen molar-refractivity contribution < 1.29 is 19.1 Å². The second-order valence-electron chi connectivity index (χ2n) is 13.8. The van der Waals surface area contributed by atoms with E-state index in [0.29, 0.717) is 18.0 Å². The van der Waals surface area contributed by atoms with Crippen LogP contribution in [0.4, 0.5) is 10.5 Å². The minimum absolute atomic E-state index is 0.0225. The Morgan fingerprint density at radius 3 is 2.12 bits per heavy atom. The van der Waals surface area contributed by atoms with E-state index in [9.17, 15) is 14.4 Å². The summed E-state index contributed by atoms with van der Waals surface area (Å²) in [6.07, 6.45) is 6.36. The third-order valence-electron chi connectivity index (χ3n) is 10.4. The van der Waals surface area contributed by atoms with Crippen molar-refractivity contribution in [3.63, 3.8) is 0 Å². The summed E-state index contributed by atoms with van der Waals surface area (Å²) >= 11 is 0. The highest BCUT2D eigenvalue weighted by Crippen LogP contribution is 2.28. The first-order valence-electron chi connectivity index (χ1n) is 18.1. The maximum atomic E-state index is 13.2. The number of hydrogen-bond donors (Lipinski definition) is 1. The number of amides is 3. The number of para-hydroxylation sites is 1. The van der Waals surface area contributed by atoms with Crippen LogP contribution in [0.5, 0.6) is 0 Å². The van der Waals surface area contributed by atoms with Gasteiger partial charge in [0.2, 0.25) is 5.91 Å². The predicted molar refractivity (Wildman–Crippen MR) is 193 cm³/mol. The normalized spacial score (nSPS) is 18.2. The molecule has 0 aromatic heterocycles. The topological polar surface area (TPSA) is 85.4 Å². The fourth-order valence-electron chi connectivity index (χ4n) is 7.34. The van der Waals surface area contributed by atoms with Crippen molar-refractivity contribution in [2.75, 3.05) is 64.7 Å². The van der Waals surface area contributed by atoms with Crippen molar-refractivity contribution in [3.05, 3.63) is 90.0 Å². The molecule has 3 heterocycles. The number of ether oxygens (including phenoxy) is 1. The molecule has 3 amide bonds. The van der Waals surface area contributed by atoms with Gasteiger partial charge >= 0.3 is 6.09 Å². The number of carbonyl (C=O) groups excluding carboxylic acids is 3. The molecule has 3 aromatic carbocycles. The van der Waals surface area contributed by atoms with Gasteiger partial charge < -0.3 is 19.4 Å². The van der Waals surface area contributed by atoms with E-state index in [1.807, 2.05) is 73.8 Å². The lowest BCUT2D eigenvalue weighted by atomic mass is 9.94. The minimum atomic E-state index is -0.428. The van der Waals surface area contributed by atoms with Crippen LogP contribution in [0.3, 0.4) is 0 Å². The van der Waals surface area contributed by atoms with Crippen LogP contribution in [-0.4, -0.2) is 103 Å². The third-order valence-corrected chi connectivity index (χ3v) is 10.4. The molecule has 0 saturated carbocycles. The van der Waals surface area contributed by atoms with Gasteiger partial charge in [0.05, 0.1) is 5.69 Å². The van der Waals surface area contributed by atoms with Crippen LogP contribution in [0.25, 0.3) is 11.1 Å². The summed E-state index contributed by atoms with van der Waals surface area (Å²) in [5.41, 5.74) is 4.62. The molecule has 3 aromatic rings. The Hall–Kier alpha value is -4.21. The molecule has 9 nitrogen and oxygen atoms in total. The second-order valence-corrected chi connectivity index (χ2v) is 13.8. The molecule has 3 aliphatic rings. The van der Waals surface area contributed by atoms with Gasteiger partial charge in [0.25, 0.3) is 5.91 Å². The Morgan fingerprint density at radius 2 is 1.41 bits per heavy atom. The van der Waals surface area contributed by atoms with E-state index in [4.69, 9.17) is 4.74 Å². The fraction of sp³-hybridized carbons (Fsp3) is 0.475. The maximum absolute atomic E-state index is 13.2. The van der Waals surface area contributed by atoms with Crippen LogP contribution in [0.2, 0.25) is 0 Å². The van der Waals surface area contributed by atoms with Gasteiger partial charge in [0.1, 0.15) is 6.10 Å². The molecule has 0 aliphatic carbocycles. The standard InChI is InChI=1S/C40H51N5O4/c1-42(38(46)33-16-14-31(15-17-33)30-44-24-18-34(19-25-44)39(47)45-22-8-3-9-23-45)28-29-43-26-20-35(21-27-43)49-40(48)41-37-13-7-6-12-36(37)32-10-4-2-5-11-32/h2,4-7,10-17,34-35H,3,8-9,18-30H2,1H3,(H,41,48). The van der Waals surface area contributed by atoms with Crippen LogP contribution in [-0.2, 0) is 16.1 Å². The number of rotatable bonds is 10. The summed E-state index contributed by atoms with van der Waals surface area (Å²) in [5, 5.41) is 2.94. The zero-order valence-corrected chi connectivity index (χ0v) is 28.9. The summed E-state index contributed by atoms with van der Waals surface area (Å²) < 4.78 is 5.79. The number of nitrogens with zero attached hydrogens (tertiary/aromatic N) is 4. The number of hydrogen-bond acceptors (Lipinski definition) is 6. The van der Waals surface area contributed by atoms with E-state index in [2.05, 4.69) is 32.1 Å². The summed E-state index contributed by atoms with van der Waals surface area (Å²) in [7, 11) is 1.86. The quantitative estimate of drug-likeness (QED) is 0.271. The molecule has 0 bridgehead atoms. The summed E-state index contributed by atoms with van der Waals surface area (Å²) in [6.45, 7) is 7.63. The number of piperidine rings is 3. The van der Waals surface area contributed by atoms with Gasteiger partial charge in [-0.15, -0.1) is 0 Å². The van der Waals surface area contributed by atoms with Crippen molar-refractivity contribution in [3.8, 4) is 11.1 Å². The summed E-state index contributed by atoms with van der Waals surface area (Å²) in [5.74, 6) is 0.561. The smallest absolute Gasteiger partial charge is 0.411 e. The number of likely N-dealkylation sites (tertiary alicyclic amines) is 3.